The van der Waals surface area contributed by atoms with Crippen molar-refractivity contribution < 1.29 is 19.4 Å². The van der Waals surface area contributed by atoms with Gasteiger partial charge in [0.25, 0.3) is 0 Å². The van der Waals surface area contributed by atoms with E-state index >= 15 is 0 Å². The van der Waals surface area contributed by atoms with E-state index in [1.165, 1.54) is 24.6 Å². The molecule has 0 saturated carbocycles. The van der Waals surface area contributed by atoms with Gasteiger partial charge in [0, 0.05) is 28.4 Å². The van der Waals surface area contributed by atoms with E-state index in [-0.39, 0.29) is 0 Å². The summed E-state index contributed by atoms with van der Waals surface area (Å²) < 4.78 is 11.6. The molecule has 0 aliphatic carbocycles. The third-order valence-corrected chi connectivity index (χ3v) is 9.35. The summed E-state index contributed by atoms with van der Waals surface area (Å²) >= 11 is 0. The van der Waals surface area contributed by atoms with Crippen LogP contribution in [-0.2, 0) is 4.79 Å². The van der Waals surface area contributed by atoms with Gasteiger partial charge in [0.2, 0.25) is 0 Å². The number of carboxylic acid groups (broad SMARTS) is 1. The Bertz CT molecular complexity index is 2500. The second-order valence-corrected chi connectivity index (χ2v) is 12.4. The molecular weight excluding hydrogens is 633 g/mol. The average molecular weight is 669 g/mol. The lowest BCUT2D eigenvalue weighted by atomic mass is 9.88. The van der Waals surface area contributed by atoms with Crippen LogP contribution < -0.4 is 14.4 Å². The van der Waals surface area contributed by atoms with Gasteiger partial charge in [-0.2, -0.15) is 5.26 Å². The molecule has 0 aliphatic rings. The molecular formula is C45H36N2O4. The van der Waals surface area contributed by atoms with Crippen LogP contribution in [0.15, 0.2) is 121 Å². The van der Waals surface area contributed by atoms with Crippen LogP contribution in [0.3, 0.4) is 0 Å². The quantitative estimate of drug-likeness (QED) is 0.0369. The Morgan fingerprint density at radius 3 is 1.94 bits per heavy atom. The summed E-state index contributed by atoms with van der Waals surface area (Å²) in [4.78, 5) is 13.6. The van der Waals surface area contributed by atoms with Gasteiger partial charge in [0.1, 0.15) is 23.1 Å². The fourth-order valence-corrected chi connectivity index (χ4v) is 6.90. The number of allylic oxidation sites excluding steroid dienone is 1. The standard InChI is InChI=1S/C45H36N2O4/c1-3-4-5-6-28-51-35-23-19-33(20-24-35)47(32-17-21-34(50-2)22-18-32)42-27-26-40-37-13-8-12-36-30(10-7-11-31(29-46)45(48)49)16-25-39(43(36)37)38-14-9-15-41(42)44(38)40/h8-9,11-27H,3-6,28H2,1-2H3,(H,48,49)/b31-11-. The summed E-state index contributed by atoms with van der Waals surface area (Å²) in [6.07, 6.45) is 5.80. The van der Waals surface area contributed by atoms with E-state index in [9.17, 15) is 9.90 Å². The van der Waals surface area contributed by atoms with Crippen molar-refractivity contribution >= 4 is 66.1 Å². The van der Waals surface area contributed by atoms with Crippen LogP contribution in [0.1, 0.15) is 38.2 Å². The van der Waals surface area contributed by atoms with E-state index in [0.717, 1.165) is 84.3 Å². The molecule has 0 saturated heterocycles. The lowest BCUT2D eigenvalue weighted by Gasteiger charge is -2.28. The minimum Gasteiger partial charge on any atom is -0.497 e. The molecule has 0 aliphatic heterocycles. The number of rotatable bonds is 11. The van der Waals surface area contributed by atoms with Crippen molar-refractivity contribution in [2.24, 2.45) is 0 Å². The first-order valence-electron chi connectivity index (χ1n) is 17.2. The molecule has 0 unspecified atom stereocenters. The number of nitrogens with zero attached hydrogens (tertiary/aromatic N) is 2. The van der Waals surface area contributed by atoms with E-state index in [0.29, 0.717) is 6.61 Å². The highest BCUT2D eigenvalue weighted by molar-refractivity contribution is 6.34. The number of methoxy groups -OCH3 is 1. The SMILES string of the molecule is CCCCCCOc1ccc(N(c2ccc(OC)cc2)c2ccc3c4cccc5c(C#C/C=C(/C#N)C(=O)O)ccc(c6cccc2c63)c54)cc1. The van der Waals surface area contributed by atoms with Gasteiger partial charge in [-0.05, 0) is 105 Å². The van der Waals surface area contributed by atoms with Crippen molar-refractivity contribution in [2.45, 2.75) is 32.6 Å². The molecule has 250 valence electrons. The molecule has 6 heteroatoms. The van der Waals surface area contributed by atoms with Gasteiger partial charge in [-0.25, -0.2) is 4.79 Å². The van der Waals surface area contributed by atoms with Gasteiger partial charge in [0.15, 0.2) is 0 Å². The topological polar surface area (TPSA) is 82.8 Å². The molecule has 1 N–H and O–H groups in total. The number of fused-ring (bicyclic) bond motifs is 2. The lowest BCUT2D eigenvalue weighted by Crippen LogP contribution is -2.10. The van der Waals surface area contributed by atoms with Crippen LogP contribution >= 0.6 is 0 Å². The lowest BCUT2D eigenvalue weighted by molar-refractivity contribution is -0.132. The number of anilines is 3. The number of ether oxygens (including phenoxy) is 2. The number of benzene rings is 7. The monoisotopic (exact) mass is 668 g/mol. The van der Waals surface area contributed by atoms with Crippen molar-refractivity contribution in [2.75, 3.05) is 18.6 Å². The zero-order valence-corrected chi connectivity index (χ0v) is 28.6. The van der Waals surface area contributed by atoms with Gasteiger partial charge < -0.3 is 19.5 Å². The van der Waals surface area contributed by atoms with Crippen LogP contribution in [-0.4, -0.2) is 24.8 Å². The van der Waals surface area contributed by atoms with E-state index in [1.807, 2.05) is 42.5 Å². The average Bonchev–Trinajstić information content (AvgIpc) is 3.16. The highest BCUT2D eigenvalue weighted by Gasteiger charge is 2.20. The number of aliphatic carboxylic acids is 1. The molecule has 0 atom stereocenters. The third-order valence-electron chi connectivity index (χ3n) is 9.35. The first kappa shape index (κ1) is 33.0. The van der Waals surface area contributed by atoms with E-state index in [2.05, 4.69) is 90.4 Å². The third kappa shape index (κ3) is 6.36. The van der Waals surface area contributed by atoms with Gasteiger partial charge in [-0.1, -0.05) is 86.6 Å². The Morgan fingerprint density at radius 1 is 0.725 bits per heavy atom. The van der Waals surface area contributed by atoms with Crippen molar-refractivity contribution in [3.8, 4) is 29.4 Å². The molecule has 0 bridgehead atoms. The summed E-state index contributed by atoms with van der Waals surface area (Å²) in [6, 6.07) is 39.3. The maximum atomic E-state index is 11.3. The van der Waals surface area contributed by atoms with Crippen LogP contribution in [0, 0.1) is 23.2 Å². The molecule has 7 aromatic carbocycles. The smallest absolute Gasteiger partial charge is 0.347 e. The number of hydrogen-bond acceptors (Lipinski definition) is 5. The van der Waals surface area contributed by atoms with E-state index < -0.39 is 11.5 Å². The van der Waals surface area contributed by atoms with Crippen molar-refractivity contribution in [1.82, 2.24) is 0 Å². The summed E-state index contributed by atoms with van der Waals surface area (Å²) in [5, 5.41) is 27.2. The molecule has 0 spiro atoms. The van der Waals surface area contributed by atoms with Crippen molar-refractivity contribution in [1.29, 1.82) is 5.26 Å². The van der Waals surface area contributed by atoms with Crippen molar-refractivity contribution in [3.05, 3.63) is 126 Å². The maximum Gasteiger partial charge on any atom is 0.347 e. The van der Waals surface area contributed by atoms with Gasteiger partial charge in [0.05, 0.1) is 19.4 Å². The molecule has 0 amide bonds. The molecule has 0 heterocycles. The van der Waals surface area contributed by atoms with Crippen LogP contribution in [0.2, 0.25) is 0 Å². The predicted molar refractivity (Wildman–Crippen MR) is 207 cm³/mol. The number of carboxylic acids is 1. The van der Waals surface area contributed by atoms with E-state index in [1.54, 1.807) is 13.2 Å². The molecule has 0 aromatic heterocycles. The maximum absolute atomic E-state index is 11.3. The molecule has 7 rings (SSSR count). The summed E-state index contributed by atoms with van der Waals surface area (Å²) in [7, 11) is 1.68. The highest BCUT2D eigenvalue weighted by Crippen LogP contribution is 2.46. The summed E-state index contributed by atoms with van der Waals surface area (Å²) in [5.41, 5.74) is 3.43. The number of unbranched alkanes of at least 4 members (excludes halogenated alkanes) is 3. The largest absolute Gasteiger partial charge is 0.497 e. The molecule has 6 nitrogen and oxygen atoms in total. The highest BCUT2D eigenvalue weighted by atomic mass is 16.5. The van der Waals surface area contributed by atoms with Gasteiger partial charge in [-0.3, -0.25) is 0 Å². The fourth-order valence-electron chi connectivity index (χ4n) is 6.90. The Hall–Kier alpha value is -6.50. The van der Waals surface area contributed by atoms with Gasteiger partial charge in [-0.15, -0.1) is 0 Å². The van der Waals surface area contributed by atoms with E-state index in [4.69, 9.17) is 14.7 Å². The Kier molecular flexibility index (Phi) is 9.42. The van der Waals surface area contributed by atoms with Crippen molar-refractivity contribution in [3.63, 3.8) is 0 Å². The summed E-state index contributed by atoms with van der Waals surface area (Å²) in [5.74, 6) is 6.22. The minimum atomic E-state index is -1.29. The van der Waals surface area contributed by atoms with Gasteiger partial charge >= 0.3 is 5.97 Å². The second-order valence-electron chi connectivity index (χ2n) is 12.4. The number of hydrogen-bond donors (Lipinski definition) is 1. The molecule has 0 fully saturated rings. The normalized spacial score (nSPS) is 11.4. The predicted octanol–water partition coefficient (Wildman–Crippen LogP) is 11.1. The second kappa shape index (κ2) is 14.5. The first-order chi connectivity index (χ1) is 25.0. The van der Waals surface area contributed by atoms with Crippen LogP contribution in [0.4, 0.5) is 17.1 Å². The fraction of sp³-hybridized carbons (Fsp3) is 0.156. The first-order valence-corrected chi connectivity index (χ1v) is 17.2. The Labute approximate surface area is 297 Å². The summed E-state index contributed by atoms with van der Waals surface area (Å²) in [6.45, 7) is 2.92. The number of carbonyl (C=O) groups is 1. The zero-order chi connectivity index (χ0) is 35.3. The van der Waals surface area contributed by atoms with Crippen LogP contribution in [0.25, 0.3) is 43.1 Å². The molecule has 0 radical (unpaired) electrons. The van der Waals surface area contributed by atoms with Crippen LogP contribution in [0.5, 0.6) is 11.5 Å². The number of nitriles is 1. The molecule has 51 heavy (non-hydrogen) atoms. The Balaban J connectivity index is 1.38. The minimum absolute atomic E-state index is 0.396. The Morgan fingerprint density at radius 2 is 1.31 bits per heavy atom. The zero-order valence-electron chi connectivity index (χ0n) is 28.6. The molecule has 7 aromatic rings.